The quantitative estimate of drug-likeness (QED) is 0.281. The molecule has 2 amide bonds. The second-order valence-corrected chi connectivity index (χ2v) is 12.2. The fourth-order valence-electron chi connectivity index (χ4n) is 3.77. The third kappa shape index (κ3) is 7.88. The maximum Gasteiger partial charge on any atom is 0.264 e. The number of hydrogen-bond acceptors (Lipinski definition) is 4. The van der Waals surface area contributed by atoms with Crippen molar-refractivity contribution < 1.29 is 18.0 Å². The molecule has 7 nitrogen and oxygen atoms in total. The van der Waals surface area contributed by atoms with E-state index in [9.17, 15) is 18.0 Å². The summed E-state index contributed by atoms with van der Waals surface area (Å²) in [6, 6.07) is 18.0. The molecule has 208 valence electrons. The van der Waals surface area contributed by atoms with E-state index in [-0.39, 0.29) is 39.1 Å². The van der Waals surface area contributed by atoms with Gasteiger partial charge >= 0.3 is 0 Å². The van der Waals surface area contributed by atoms with Crippen molar-refractivity contribution in [2.45, 2.75) is 50.7 Å². The predicted octanol–water partition coefficient (Wildman–Crippen LogP) is 6.17. The van der Waals surface area contributed by atoms with Gasteiger partial charge in [-0.25, -0.2) is 8.42 Å². The highest BCUT2D eigenvalue weighted by Gasteiger charge is 2.33. The van der Waals surface area contributed by atoms with Crippen molar-refractivity contribution in [3.05, 3.63) is 93.4 Å². The van der Waals surface area contributed by atoms with Gasteiger partial charge in [-0.1, -0.05) is 72.1 Å². The number of carbonyl (C=O) groups excluding carboxylic acids is 2. The van der Waals surface area contributed by atoms with Gasteiger partial charge in [-0.3, -0.25) is 13.9 Å². The number of anilines is 1. The van der Waals surface area contributed by atoms with Crippen molar-refractivity contribution >= 4 is 62.3 Å². The Labute approximate surface area is 244 Å². The lowest BCUT2D eigenvalue weighted by molar-refractivity contribution is -0.139. The maximum atomic E-state index is 13.9. The van der Waals surface area contributed by atoms with Crippen LogP contribution in [0.1, 0.15) is 32.8 Å². The summed E-state index contributed by atoms with van der Waals surface area (Å²) in [5.41, 5.74) is 0.840. The molecule has 0 spiro atoms. The summed E-state index contributed by atoms with van der Waals surface area (Å²) in [6.07, 6.45) is 0.709. The third-order valence-electron chi connectivity index (χ3n) is 6.21. The topological polar surface area (TPSA) is 86.8 Å². The van der Waals surface area contributed by atoms with Crippen molar-refractivity contribution in [1.82, 2.24) is 10.2 Å². The van der Waals surface area contributed by atoms with Gasteiger partial charge in [-0.15, -0.1) is 0 Å². The molecule has 0 radical (unpaired) electrons. The van der Waals surface area contributed by atoms with Crippen LogP contribution in [0.2, 0.25) is 15.1 Å². The number of benzene rings is 3. The molecule has 2 atom stereocenters. The Balaban J connectivity index is 2.04. The van der Waals surface area contributed by atoms with Crippen molar-refractivity contribution in [1.29, 1.82) is 0 Å². The molecule has 3 aromatic rings. The van der Waals surface area contributed by atoms with Crippen LogP contribution in [0.4, 0.5) is 5.69 Å². The zero-order valence-corrected chi connectivity index (χ0v) is 24.9. The second-order valence-electron chi connectivity index (χ2n) is 9.07. The second kappa shape index (κ2) is 13.5. The normalized spacial score (nSPS) is 12.9. The molecule has 11 heteroatoms. The maximum absolute atomic E-state index is 13.9. The molecule has 0 aliphatic rings. The molecule has 3 aromatic carbocycles. The number of halogens is 3. The first-order chi connectivity index (χ1) is 18.4. The van der Waals surface area contributed by atoms with Gasteiger partial charge in [0.15, 0.2) is 0 Å². The van der Waals surface area contributed by atoms with Gasteiger partial charge in [0.2, 0.25) is 11.8 Å². The molecule has 0 aliphatic carbocycles. The molecule has 0 bridgehead atoms. The fourth-order valence-corrected chi connectivity index (χ4v) is 5.70. The van der Waals surface area contributed by atoms with Crippen molar-refractivity contribution in [3.63, 3.8) is 0 Å². The molecule has 0 aromatic heterocycles. The Hall–Kier alpha value is -2.78. The largest absolute Gasteiger partial charge is 0.352 e. The number of carbonyl (C=O) groups is 2. The van der Waals surface area contributed by atoms with Gasteiger partial charge in [0.05, 0.1) is 20.6 Å². The summed E-state index contributed by atoms with van der Waals surface area (Å²) in [5.74, 6) is -0.945. The van der Waals surface area contributed by atoms with E-state index < -0.39 is 28.5 Å². The molecule has 0 fully saturated rings. The first kappa shape index (κ1) is 30.8. The average Bonchev–Trinajstić information content (AvgIpc) is 2.91. The average molecular weight is 611 g/mol. The first-order valence-electron chi connectivity index (χ1n) is 12.3. The summed E-state index contributed by atoms with van der Waals surface area (Å²) in [7, 11) is -4.20. The van der Waals surface area contributed by atoms with Gasteiger partial charge in [0, 0.05) is 17.6 Å². The Morgan fingerprint density at radius 3 is 2.21 bits per heavy atom. The molecular formula is C28H30Cl3N3O4S. The molecular weight excluding hydrogens is 581 g/mol. The molecule has 0 aliphatic heterocycles. The van der Waals surface area contributed by atoms with E-state index in [1.807, 2.05) is 13.8 Å². The minimum Gasteiger partial charge on any atom is -0.352 e. The highest BCUT2D eigenvalue weighted by Crippen LogP contribution is 2.31. The monoisotopic (exact) mass is 609 g/mol. The van der Waals surface area contributed by atoms with Gasteiger partial charge < -0.3 is 10.2 Å². The summed E-state index contributed by atoms with van der Waals surface area (Å²) >= 11 is 18.5. The predicted molar refractivity (Wildman–Crippen MR) is 157 cm³/mol. The summed E-state index contributed by atoms with van der Waals surface area (Å²) in [5, 5.41) is 3.74. The number of nitrogens with zero attached hydrogens (tertiary/aromatic N) is 2. The SMILES string of the molecule is CCC(C)NC(=O)C(C)N(Cc1cccc(Cl)c1)C(=O)CN(c1ccc(Cl)c(Cl)c1)S(=O)(=O)c1ccccc1. The smallest absolute Gasteiger partial charge is 0.264 e. The standard InChI is InChI=1S/C28H30Cl3N3O4S/c1-4-19(2)32-28(36)20(3)33(17-21-9-8-10-22(29)15-21)27(35)18-34(23-13-14-25(30)26(31)16-23)39(37,38)24-11-6-5-7-12-24/h5-16,19-20H,4,17-18H2,1-3H3,(H,32,36). The Kier molecular flexibility index (Phi) is 10.7. The Morgan fingerprint density at radius 1 is 0.897 bits per heavy atom. The van der Waals surface area contributed by atoms with E-state index in [1.165, 1.54) is 35.2 Å². The highest BCUT2D eigenvalue weighted by molar-refractivity contribution is 7.92. The molecule has 39 heavy (non-hydrogen) atoms. The van der Waals surface area contributed by atoms with Crippen molar-refractivity contribution in [2.24, 2.45) is 0 Å². The molecule has 2 unspecified atom stereocenters. The van der Waals surface area contributed by atoms with Crippen LogP contribution in [0.5, 0.6) is 0 Å². The van der Waals surface area contributed by atoms with Gasteiger partial charge in [-0.05, 0) is 68.3 Å². The number of nitrogens with one attached hydrogen (secondary N) is 1. The van der Waals surface area contributed by atoms with Crippen LogP contribution in [0.15, 0.2) is 77.7 Å². The molecule has 1 N–H and O–H groups in total. The number of rotatable bonds is 11. The molecule has 0 saturated carbocycles. The van der Waals surface area contributed by atoms with E-state index in [0.717, 1.165) is 4.31 Å². The molecule has 0 heterocycles. The van der Waals surface area contributed by atoms with Gasteiger partial charge in [-0.2, -0.15) is 0 Å². The van der Waals surface area contributed by atoms with Gasteiger partial charge in [0.25, 0.3) is 10.0 Å². The zero-order valence-electron chi connectivity index (χ0n) is 21.8. The zero-order chi connectivity index (χ0) is 28.7. The van der Waals surface area contributed by atoms with Crippen molar-refractivity contribution in [2.75, 3.05) is 10.8 Å². The minimum absolute atomic E-state index is 0.00664. The van der Waals surface area contributed by atoms with Crippen LogP contribution < -0.4 is 9.62 Å². The van der Waals surface area contributed by atoms with E-state index in [2.05, 4.69) is 5.32 Å². The Morgan fingerprint density at radius 2 is 1.59 bits per heavy atom. The summed E-state index contributed by atoms with van der Waals surface area (Å²) in [6.45, 7) is 4.86. The van der Waals surface area contributed by atoms with Crippen LogP contribution in [0, 0.1) is 0 Å². The minimum atomic E-state index is -4.20. The van der Waals surface area contributed by atoms with Crippen LogP contribution in [0.3, 0.4) is 0 Å². The van der Waals surface area contributed by atoms with Crippen LogP contribution in [0.25, 0.3) is 0 Å². The van der Waals surface area contributed by atoms with E-state index in [4.69, 9.17) is 34.8 Å². The lowest BCUT2D eigenvalue weighted by Crippen LogP contribution is -2.52. The number of sulfonamides is 1. The first-order valence-corrected chi connectivity index (χ1v) is 14.9. The number of amides is 2. The Bertz CT molecular complexity index is 1420. The summed E-state index contributed by atoms with van der Waals surface area (Å²) in [4.78, 5) is 28.3. The van der Waals surface area contributed by atoms with E-state index in [1.54, 1.807) is 49.4 Å². The third-order valence-corrected chi connectivity index (χ3v) is 8.97. The van der Waals surface area contributed by atoms with Crippen LogP contribution >= 0.6 is 34.8 Å². The van der Waals surface area contributed by atoms with Crippen LogP contribution in [-0.2, 0) is 26.2 Å². The van der Waals surface area contributed by atoms with E-state index in [0.29, 0.717) is 17.0 Å². The fraction of sp³-hybridized carbons (Fsp3) is 0.286. The van der Waals surface area contributed by atoms with Crippen molar-refractivity contribution in [3.8, 4) is 0 Å². The lowest BCUT2D eigenvalue weighted by atomic mass is 10.1. The summed E-state index contributed by atoms with van der Waals surface area (Å²) < 4.78 is 28.5. The molecule has 0 saturated heterocycles. The lowest BCUT2D eigenvalue weighted by Gasteiger charge is -2.32. The highest BCUT2D eigenvalue weighted by atomic mass is 35.5. The van der Waals surface area contributed by atoms with Gasteiger partial charge in [0.1, 0.15) is 12.6 Å². The molecule has 3 rings (SSSR count). The van der Waals surface area contributed by atoms with E-state index >= 15 is 0 Å². The van der Waals surface area contributed by atoms with Crippen LogP contribution in [-0.4, -0.2) is 43.8 Å². The number of hydrogen-bond donors (Lipinski definition) is 1.